The first kappa shape index (κ1) is 13.9. The highest BCUT2D eigenvalue weighted by molar-refractivity contribution is 5.61. The summed E-state index contributed by atoms with van der Waals surface area (Å²) in [6.45, 7) is 0. The van der Waals surface area contributed by atoms with E-state index in [4.69, 9.17) is 10.2 Å². The van der Waals surface area contributed by atoms with Crippen molar-refractivity contribution in [1.82, 2.24) is 0 Å². The molecular weight excluding hydrogens is 224 g/mol. The Morgan fingerprint density at radius 1 is 0.938 bits per heavy atom. The first-order valence-electron chi connectivity index (χ1n) is 4.17. The standard InChI is InChI=1S/C8H10O8/c9-3-1-5(15-7(11)12)6(2-4-10)16-8(13)14/h3-6H,1-2H2,(H,11,12)(H,13,14). The monoisotopic (exact) mass is 234 g/mol. The molecule has 0 aromatic rings. The molecule has 0 bridgehead atoms. The Bertz CT molecular complexity index is 245. The second-order valence-electron chi connectivity index (χ2n) is 2.65. The normalized spacial score (nSPS) is 13.2. The van der Waals surface area contributed by atoms with Crippen LogP contribution in [0.25, 0.3) is 0 Å². The van der Waals surface area contributed by atoms with Crippen molar-refractivity contribution in [3.8, 4) is 0 Å². The molecule has 2 N–H and O–H groups in total. The summed E-state index contributed by atoms with van der Waals surface area (Å²) in [6.07, 6.45) is -6.11. The molecular formula is C8H10O8. The number of rotatable bonds is 7. The van der Waals surface area contributed by atoms with Crippen LogP contribution >= 0.6 is 0 Å². The summed E-state index contributed by atoms with van der Waals surface area (Å²) in [5, 5.41) is 16.7. The summed E-state index contributed by atoms with van der Waals surface area (Å²) in [4.78, 5) is 41.0. The highest BCUT2D eigenvalue weighted by Crippen LogP contribution is 2.11. The minimum atomic E-state index is -1.68. The molecule has 0 aliphatic rings. The van der Waals surface area contributed by atoms with E-state index in [-0.39, 0.29) is 0 Å². The lowest BCUT2D eigenvalue weighted by Gasteiger charge is -2.21. The minimum Gasteiger partial charge on any atom is -0.450 e. The van der Waals surface area contributed by atoms with Crippen molar-refractivity contribution < 1.29 is 38.9 Å². The summed E-state index contributed by atoms with van der Waals surface area (Å²) in [6, 6.07) is 0. The molecule has 0 aliphatic heterocycles. The van der Waals surface area contributed by atoms with Gasteiger partial charge in [0.1, 0.15) is 24.8 Å². The lowest BCUT2D eigenvalue weighted by Crippen LogP contribution is -2.35. The molecule has 0 saturated carbocycles. The predicted octanol–water partition coefficient (Wildman–Crippen LogP) is 0.291. The van der Waals surface area contributed by atoms with Crippen LogP contribution in [0.15, 0.2) is 0 Å². The van der Waals surface area contributed by atoms with E-state index in [2.05, 4.69) is 9.47 Å². The molecule has 0 fully saturated rings. The van der Waals surface area contributed by atoms with Crippen LogP contribution in [0.3, 0.4) is 0 Å². The van der Waals surface area contributed by atoms with Gasteiger partial charge < -0.3 is 29.3 Å². The lowest BCUT2D eigenvalue weighted by molar-refractivity contribution is -0.117. The fraction of sp³-hybridized carbons (Fsp3) is 0.500. The molecule has 8 heteroatoms. The molecule has 2 unspecified atom stereocenters. The van der Waals surface area contributed by atoms with E-state index in [1.807, 2.05) is 0 Å². The first-order chi connectivity index (χ1) is 7.51. The fourth-order valence-electron chi connectivity index (χ4n) is 1.00. The van der Waals surface area contributed by atoms with Crippen LogP contribution in [0, 0.1) is 0 Å². The molecule has 90 valence electrons. The van der Waals surface area contributed by atoms with Crippen molar-refractivity contribution in [1.29, 1.82) is 0 Å². The zero-order chi connectivity index (χ0) is 12.6. The number of carbonyl (C=O) groups is 4. The molecule has 0 aromatic heterocycles. The second-order valence-corrected chi connectivity index (χ2v) is 2.65. The highest BCUT2D eigenvalue weighted by atomic mass is 16.7. The Balaban J connectivity index is 4.61. The van der Waals surface area contributed by atoms with Crippen LogP contribution in [0.2, 0.25) is 0 Å². The van der Waals surface area contributed by atoms with Gasteiger partial charge in [-0.2, -0.15) is 0 Å². The highest BCUT2D eigenvalue weighted by Gasteiger charge is 2.28. The number of hydrogen-bond donors (Lipinski definition) is 2. The quantitative estimate of drug-likeness (QED) is 0.475. The molecule has 0 spiro atoms. The number of hydrogen-bond acceptors (Lipinski definition) is 6. The molecule has 0 saturated heterocycles. The topological polar surface area (TPSA) is 127 Å². The van der Waals surface area contributed by atoms with Crippen molar-refractivity contribution in [3.63, 3.8) is 0 Å². The largest absolute Gasteiger partial charge is 0.506 e. The maximum atomic E-state index is 10.2. The summed E-state index contributed by atoms with van der Waals surface area (Å²) in [5.74, 6) is 0. The predicted molar refractivity (Wildman–Crippen MR) is 47.2 cm³/mol. The second kappa shape index (κ2) is 7.21. The van der Waals surface area contributed by atoms with E-state index < -0.39 is 37.4 Å². The van der Waals surface area contributed by atoms with Crippen molar-refractivity contribution in [2.75, 3.05) is 0 Å². The van der Waals surface area contributed by atoms with Crippen molar-refractivity contribution in [2.45, 2.75) is 25.0 Å². The van der Waals surface area contributed by atoms with Crippen LogP contribution < -0.4 is 0 Å². The van der Waals surface area contributed by atoms with E-state index >= 15 is 0 Å². The fourth-order valence-corrected chi connectivity index (χ4v) is 1.00. The SMILES string of the molecule is O=CCC(OC(=O)O)C(CC=O)OC(=O)O. The van der Waals surface area contributed by atoms with Crippen LogP contribution in [0.4, 0.5) is 9.59 Å². The Morgan fingerprint density at radius 3 is 1.44 bits per heavy atom. The van der Waals surface area contributed by atoms with Crippen molar-refractivity contribution in [2.24, 2.45) is 0 Å². The summed E-state index contributed by atoms with van der Waals surface area (Å²) >= 11 is 0. The van der Waals surface area contributed by atoms with Gasteiger partial charge in [0.15, 0.2) is 0 Å². The van der Waals surface area contributed by atoms with Crippen LogP contribution in [0.5, 0.6) is 0 Å². The number of carbonyl (C=O) groups excluding carboxylic acids is 2. The van der Waals surface area contributed by atoms with Crippen LogP contribution in [-0.4, -0.2) is 47.3 Å². The van der Waals surface area contributed by atoms with E-state index in [1.54, 1.807) is 0 Å². The third kappa shape index (κ3) is 5.58. The number of ether oxygens (including phenoxy) is 2. The molecule has 0 aromatic carbocycles. The van der Waals surface area contributed by atoms with Gasteiger partial charge in [0.25, 0.3) is 0 Å². The molecule has 16 heavy (non-hydrogen) atoms. The molecule has 0 heterocycles. The Labute approximate surface area is 89.8 Å². The summed E-state index contributed by atoms with van der Waals surface area (Å²) < 4.78 is 8.49. The van der Waals surface area contributed by atoms with Crippen LogP contribution in [-0.2, 0) is 19.1 Å². The lowest BCUT2D eigenvalue weighted by atomic mass is 10.1. The van der Waals surface area contributed by atoms with Gasteiger partial charge in [-0.1, -0.05) is 0 Å². The minimum absolute atomic E-state index is 0.344. The van der Waals surface area contributed by atoms with Crippen LogP contribution in [0.1, 0.15) is 12.8 Å². The molecule has 2 atom stereocenters. The molecule has 0 aliphatic carbocycles. The van der Waals surface area contributed by atoms with Gasteiger partial charge in [-0.05, 0) is 0 Å². The summed E-state index contributed by atoms with van der Waals surface area (Å²) in [5.41, 5.74) is 0. The van der Waals surface area contributed by atoms with Gasteiger partial charge in [-0.25, -0.2) is 9.59 Å². The third-order valence-electron chi connectivity index (χ3n) is 1.58. The van der Waals surface area contributed by atoms with Gasteiger partial charge in [-0.3, -0.25) is 0 Å². The molecule has 0 rings (SSSR count). The molecule has 8 nitrogen and oxygen atoms in total. The zero-order valence-electron chi connectivity index (χ0n) is 8.07. The number of aldehydes is 2. The van der Waals surface area contributed by atoms with E-state index in [0.717, 1.165) is 0 Å². The van der Waals surface area contributed by atoms with Gasteiger partial charge in [-0.15, -0.1) is 0 Å². The molecule has 0 amide bonds. The molecule has 0 radical (unpaired) electrons. The van der Waals surface area contributed by atoms with Gasteiger partial charge in [0.05, 0.1) is 0 Å². The Hall–Kier alpha value is -2.12. The smallest absolute Gasteiger partial charge is 0.450 e. The number of carboxylic acid groups (broad SMARTS) is 2. The van der Waals surface area contributed by atoms with E-state index in [9.17, 15) is 19.2 Å². The maximum absolute atomic E-state index is 10.2. The summed E-state index contributed by atoms with van der Waals surface area (Å²) in [7, 11) is 0. The van der Waals surface area contributed by atoms with E-state index in [1.165, 1.54) is 0 Å². The third-order valence-corrected chi connectivity index (χ3v) is 1.58. The van der Waals surface area contributed by atoms with E-state index in [0.29, 0.717) is 12.6 Å². The first-order valence-corrected chi connectivity index (χ1v) is 4.17. The van der Waals surface area contributed by atoms with Gasteiger partial charge >= 0.3 is 12.3 Å². The van der Waals surface area contributed by atoms with Gasteiger partial charge in [0.2, 0.25) is 0 Å². The van der Waals surface area contributed by atoms with Gasteiger partial charge in [0, 0.05) is 12.8 Å². The zero-order valence-corrected chi connectivity index (χ0v) is 8.07. The average Bonchev–Trinajstić information content (AvgIpc) is 2.15. The van der Waals surface area contributed by atoms with Crippen molar-refractivity contribution >= 4 is 24.9 Å². The average molecular weight is 234 g/mol. The Kier molecular flexibility index (Phi) is 6.25. The Morgan fingerprint density at radius 2 is 1.25 bits per heavy atom. The van der Waals surface area contributed by atoms with Crippen molar-refractivity contribution in [3.05, 3.63) is 0 Å². The maximum Gasteiger partial charge on any atom is 0.506 e.